The van der Waals surface area contributed by atoms with E-state index in [0.29, 0.717) is 11.5 Å². The predicted octanol–water partition coefficient (Wildman–Crippen LogP) is 1.64. The van der Waals surface area contributed by atoms with E-state index in [4.69, 9.17) is 5.73 Å². The van der Waals surface area contributed by atoms with Crippen molar-refractivity contribution in [3.63, 3.8) is 0 Å². The second-order valence-corrected chi connectivity index (χ2v) is 5.12. The molecule has 1 aliphatic rings. The van der Waals surface area contributed by atoms with Gasteiger partial charge in [0.15, 0.2) is 0 Å². The standard InChI is InChI=1S/C14H20N2O2/c1-9-3-2-4-12(15)13(9)16-14(18)10-5-7-11(17)8-6-10/h5-9,12-13,17H,2-4,15H2,1H3,(H,16,18). The number of phenolic OH excluding ortho intramolecular Hbond substituents is 1. The Balaban J connectivity index is 2.04. The van der Waals surface area contributed by atoms with Crippen LogP contribution in [0.2, 0.25) is 0 Å². The second-order valence-electron chi connectivity index (χ2n) is 5.12. The molecule has 3 unspecified atom stereocenters. The van der Waals surface area contributed by atoms with Crippen molar-refractivity contribution in [1.82, 2.24) is 5.32 Å². The molecule has 98 valence electrons. The highest BCUT2D eigenvalue weighted by molar-refractivity contribution is 5.94. The number of carbonyl (C=O) groups is 1. The van der Waals surface area contributed by atoms with Crippen molar-refractivity contribution in [1.29, 1.82) is 0 Å². The molecular formula is C14H20N2O2. The van der Waals surface area contributed by atoms with Gasteiger partial charge in [0.1, 0.15) is 5.75 Å². The molecule has 4 heteroatoms. The molecule has 0 heterocycles. The highest BCUT2D eigenvalue weighted by Crippen LogP contribution is 2.23. The monoisotopic (exact) mass is 248 g/mol. The van der Waals surface area contributed by atoms with Crippen molar-refractivity contribution in [2.75, 3.05) is 0 Å². The summed E-state index contributed by atoms with van der Waals surface area (Å²) in [6.07, 6.45) is 3.20. The minimum Gasteiger partial charge on any atom is -0.508 e. The van der Waals surface area contributed by atoms with Crippen molar-refractivity contribution in [3.8, 4) is 5.75 Å². The second kappa shape index (κ2) is 5.40. The SMILES string of the molecule is CC1CCCC(N)C1NC(=O)c1ccc(O)cc1. The maximum Gasteiger partial charge on any atom is 0.251 e. The largest absolute Gasteiger partial charge is 0.508 e. The summed E-state index contributed by atoms with van der Waals surface area (Å²) in [7, 11) is 0. The van der Waals surface area contributed by atoms with E-state index in [0.717, 1.165) is 19.3 Å². The van der Waals surface area contributed by atoms with Gasteiger partial charge in [-0.25, -0.2) is 0 Å². The van der Waals surface area contributed by atoms with E-state index in [9.17, 15) is 9.90 Å². The summed E-state index contributed by atoms with van der Waals surface area (Å²) >= 11 is 0. The van der Waals surface area contributed by atoms with Crippen LogP contribution in [0.15, 0.2) is 24.3 Å². The molecular weight excluding hydrogens is 228 g/mol. The highest BCUT2D eigenvalue weighted by atomic mass is 16.3. The Morgan fingerprint density at radius 1 is 1.33 bits per heavy atom. The molecule has 3 atom stereocenters. The lowest BCUT2D eigenvalue weighted by Crippen LogP contribution is -2.53. The van der Waals surface area contributed by atoms with Crippen molar-refractivity contribution < 1.29 is 9.90 Å². The van der Waals surface area contributed by atoms with Gasteiger partial charge in [0.2, 0.25) is 0 Å². The van der Waals surface area contributed by atoms with E-state index < -0.39 is 0 Å². The minimum atomic E-state index is -0.121. The van der Waals surface area contributed by atoms with Gasteiger partial charge >= 0.3 is 0 Å². The number of nitrogens with two attached hydrogens (primary N) is 1. The van der Waals surface area contributed by atoms with Crippen molar-refractivity contribution in [2.24, 2.45) is 11.7 Å². The highest BCUT2D eigenvalue weighted by Gasteiger charge is 2.29. The summed E-state index contributed by atoms with van der Waals surface area (Å²) < 4.78 is 0. The molecule has 0 radical (unpaired) electrons. The maximum absolute atomic E-state index is 12.1. The third-order valence-electron chi connectivity index (χ3n) is 3.70. The lowest BCUT2D eigenvalue weighted by atomic mass is 9.82. The first-order valence-electron chi connectivity index (χ1n) is 6.43. The molecule has 4 nitrogen and oxygen atoms in total. The van der Waals surface area contributed by atoms with Gasteiger partial charge in [-0.05, 0) is 43.0 Å². The molecule has 0 aromatic heterocycles. The first-order valence-corrected chi connectivity index (χ1v) is 6.43. The number of nitrogens with one attached hydrogen (secondary N) is 1. The Labute approximate surface area is 107 Å². The molecule has 0 bridgehead atoms. The Kier molecular flexibility index (Phi) is 3.87. The van der Waals surface area contributed by atoms with E-state index >= 15 is 0 Å². The van der Waals surface area contributed by atoms with Crippen LogP contribution in [-0.4, -0.2) is 23.1 Å². The van der Waals surface area contributed by atoms with Crippen LogP contribution in [0.1, 0.15) is 36.5 Å². The Morgan fingerprint density at radius 2 is 2.00 bits per heavy atom. The zero-order valence-electron chi connectivity index (χ0n) is 10.6. The van der Waals surface area contributed by atoms with Gasteiger partial charge in [0, 0.05) is 17.6 Å². The maximum atomic E-state index is 12.1. The molecule has 0 spiro atoms. The molecule has 1 aromatic rings. The Bertz CT molecular complexity index is 406. The molecule has 1 amide bonds. The summed E-state index contributed by atoms with van der Waals surface area (Å²) in [6, 6.07) is 6.33. The first kappa shape index (κ1) is 12.9. The van der Waals surface area contributed by atoms with Gasteiger partial charge in [-0.15, -0.1) is 0 Å². The lowest BCUT2D eigenvalue weighted by Gasteiger charge is -2.34. The zero-order valence-corrected chi connectivity index (χ0v) is 10.6. The lowest BCUT2D eigenvalue weighted by molar-refractivity contribution is 0.0900. The third-order valence-corrected chi connectivity index (χ3v) is 3.70. The van der Waals surface area contributed by atoms with Gasteiger partial charge in [0.25, 0.3) is 5.91 Å². The number of rotatable bonds is 2. The third kappa shape index (κ3) is 2.82. The van der Waals surface area contributed by atoms with E-state index in [1.165, 1.54) is 12.1 Å². The summed E-state index contributed by atoms with van der Waals surface area (Å²) in [4.78, 5) is 12.1. The Morgan fingerprint density at radius 3 is 2.61 bits per heavy atom. The van der Waals surface area contributed by atoms with Gasteiger partial charge in [-0.2, -0.15) is 0 Å². The number of amides is 1. The number of benzene rings is 1. The summed E-state index contributed by atoms with van der Waals surface area (Å²) in [6.45, 7) is 2.13. The number of aromatic hydroxyl groups is 1. The van der Waals surface area contributed by atoms with Crippen molar-refractivity contribution >= 4 is 5.91 Å². The predicted molar refractivity (Wildman–Crippen MR) is 70.4 cm³/mol. The van der Waals surface area contributed by atoms with Crippen LogP contribution in [0.4, 0.5) is 0 Å². The van der Waals surface area contributed by atoms with Crippen LogP contribution in [0.3, 0.4) is 0 Å². The Hall–Kier alpha value is -1.55. The molecule has 1 fully saturated rings. The van der Waals surface area contributed by atoms with Crippen LogP contribution in [0.25, 0.3) is 0 Å². The molecule has 2 rings (SSSR count). The molecule has 4 N–H and O–H groups in total. The number of hydrogen-bond donors (Lipinski definition) is 3. The van der Waals surface area contributed by atoms with Crippen LogP contribution in [0, 0.1) is 5.92 Å². The average molecular weight is 248 g/mol. The van der Waals surface area contributed by atoms with Crippen LogP contribution < -0.4 is 11.1 Å². The molecule has 1 aromatic carbocycles. The van der Waals surface area contributed by atoms with Gasteiger partial charge in [-0.3, -0.25) is 4.79 Å². The average Bonchev–Trinajstić information content (AvgIpc) is 2.34. The number of carbonyl (C=O) groups excluding carboxylic acids is 1. The van der Waals surface area contributed by atoms with Gasteiger partial charge in [0.05, 0.1) is 0 Å². The fraction of sp³-hybridized carbons (Fsp3) is 0.500. The summed E-state index contributed by atoms with van der Waals surface area (Å²) in [5, 5.41) is 12.2. The first-order chi connectivity index (χ1) is 8.58. The van der Waals surface area contributed by atoms with Gasteiger partial charge in [-0.1, -0.05) is 13.3 Å². The smallest absolute Gasteiger partial charge is 0.251 e. The molecule has 18 heavy (non-hydrogen) atoms. The molecule has 1 saturated carbocycles. The van der Waals surface area contributed by atoms with Crippen molar-refractivity contribution in [3.05, 3.63) is 29.8 Å². The van der Waals surface area contributed by atoms with Crippen molar-refractivity contribution in [2.45, 2.75) is 38.3 Å². The van der Waals surface area contributed by atoms with E-state index in [1.807, 2.05) is 0 Å². The minimum absolute atomic E-state index is 0.0369. The topological polar surface area (TPSA) is 75.3 Å². The fourth-order valence-corrected chi connectivity index (χ4v) is 2.55. The normalized spacial score (nSPS) is 27.8. The van der Waals surface area contributed by atoms with Gasteiger partial charge < -0.3 is 16.2 Å². The van der Waals surface area contributed by atoms with E-state index in [1.54, 1.807) is 12.1 Å². The van der Waals surface area contributed by atoms with E-state index in [-0.39, 0.29) is 23.7 Å². The summed E-state index contributed by atoms with van der Waals surface area (Å²) in [5.74, 6) is 0.452. The zero-order chi connectivity index (χ0) is 13.1. The number of phenols is 1. The molecule has 0 aliphatic heterocycles. The number of hydrogen-bond acceptors (Lipinski definition) is 3. The summed E-state index contributed by atoms with van der Waals surface area (Å²) in [5.41, 5.74) is 6.62. The van der Waals surface area contributed by atoms with E-state index in [2.05, 4.69) is 12.2 Å². The van der Waals surface area contributed by atoms with Crippen LogP contribution in [-0.2, 0) is 0 Å². The molecule has 0 saturated heterocycles. The quantitative estimate of drug-likeness (QED) is 0.744. The van der Waals surface area contributed by atoms with Crippen LogP contribution >= 0.6 is 0 Å². The fourth-order valence-electron chi connectivity index (χ4n) is 2.55. The van der Waals surface area contributed by atoms with Crippen LogP contribution in [0.5, 0.6) is 5.75 Å². The molecule has 1 aliphatic carbocycles.